The molecule has 1 saturated carbocycles. The van der Waals surface area contributed by atoms with Crippen LogP contribution in [0.5, 0.6) is 11.5 Å². The second-order valence-electron chi connectivity index (χ2n) is 6.52. The average molecular weight is 364 g/mol. The van der Waals surface area contributed by atoms with Crippen LogP contribution >= 0.6 is 0 Å². The molecule has 3 rings (SSSR count). The van der Waals surface area contributed by atoms with Gasteiger partial charge in [-0.05, 0) is 55.2 Å². The van der Waals surface area contributed by atoms with Gasteiger partial charge in [-0.15, -0.1) is 0 Å². The molecule has 6 heteroatoms. The van der Waals surface area contributed by atoms with Crippen molar-refractivity contribution in [2.45, 2.75) is 19.8 Å². The van der Waals surface area contributed by atoms with Crippen molar-refractivity contribution in [2.75, 3.05) is 18.6 Å². The summed E-state index contributed by atoms with van der Waals surface area (Å²) in [5.74, 6) is 0.849. The molecule has 0 unspecified atom stereocenters. The smallest absolute Gasteiger partial charge is 0.338 e. The molecule has 1 aliphatic rings. The minimum Gasteiger partial charge on any atom is -0.465 e. The Morgan fingerprint density at radius 2 is 1.85 bits per heavy atom. The number of hydrogen-bond acceptors (Lipinski definition) is 5. The minimum atomic E-state index is -0.503. The van der Waals surface area contributed by atoms with E-state index in [1.54, 1.807) is 47.4 Å². The molecule has 0 atom stereocenters. The van der Waals surface area contributed by atoms with Gasteiger partial charge in [0, 0.05) is 25.2 Å². The van der Waals surface area contributed by atoms with Crippen molar-refractivity contribution >= 4 is 17.6 Å². The summed E-state index contributed by atoms with van der Waals surface area (Å²) in [5, 5.41) is 8.89. The van der Waals surface area contributed by atoms with Gasteiger partial charge in [0.15, 0.2) is 0 Å². The fourth-order valence-corrected chi connectivity index (χ4v) is 2.74. The molecule has 1 amide bonds. The van der Waals surface area contributed by atoms with Gasteiger partial charge in [0.05, 0.1) is 24.3 Å². The maximum atomic E-state index is 12.1. The molecule has 2 aromatic rings. The largest absolute Gasteiger partial charge is 0.465 e. The van der Waals surface area contributed by atoms with E-state index in [2.05, 4.69) is 0 Å². The van der Waals surface area contributed by atoms with Crippen LogP contribution in [0, 0.1) is 17.2 Å². The molecular formula is C21H20N2O4. The van der Waals surface area contributed by atoms with Gasteiger partial charge in [-0.2, -0.15) is 5.26 Å². The predicted octanol–water partition coefficient (Wildman–Crippen LogP) is 3.90. The number of amides is 1. The number of nitriles is 1. The highest BCUT2D eigenvalue weighted by Gasteiger charge is 2.27. The number of hydrogen-bond donors (Lipinski definition) is 0. The number of benzene rings is 2. The number of carbonyl (C=O) groups is 2. The van der Waals surface area contributed by atoms with E-state index in [9.17, 15) is 9.59 Å². The standard InChI is InChI=1S/C21H20N2O4/c1-14(24)23(13-16-3-4-16)18-9-17(21(25)26-2)10-20(11-18)27-19-7-5-15(12-22)6-8-19/h5-11,16H,3-4,13H2,1-2H3. The molecule has 1 fully saturated rings. The van der Waals surface area contributed by atoms with Crippen molar-refractivity contribution in [3.63, 3.8) is 0 Å². The SMILES string of the molecule is COC(=O)c1cc(Oc2ccc(C#N)cc2)cc(N(CC2CC2)C(C)=O)c1. The van der Waals surface area contributed by atoms with Crippen LogP contribution in [0.25, 0.3) is 0 Å². The summed E-state index contributed by atoms with van der Waals surface area (Å²) in [6.45, 7) is 2.13. The van der Waals surface area contributed by atoms with Gasteiger partial charge in [0.2, 0.25) is 5.91 Å². The lowest BCUT2D eigenvalue weighted by atomic mass is 10.1. The van der Waals surface area contributed by atoms with Gasteiger partial charge < -0.3 is 14.4 Å². The Bertz CT molecular complexity index is 895. The third-order valence-corrected chi connectivity index (χ3v) is 4.36. The monoisotopic (exact) mass is 364 g/mol. The van der Waals surface area contributed by atoms with Gasteiger partial charge in [0.25, 0.3) is 0 Å². The molecule has 0 aromatic heterocycles. The third-order valence-electron chi connectivity index (χ3n) is 4.36. The molecule has 2 aromatic carbocycles. The molecule has 0 spiro atoms. The first-order valence-electron chi connectivity index (χ1n) is 8.69. The Hall–Kier alpha value is -3.33. The van der Waals surface area contributed by atoms with Crippen molar-refractivity contribution < 1.29 is 19.1 Å². The zero-order valence-electron chi connectivity index (χ0n) is 15.3. The fraction of sp³-hybridized carbons (Fsp3) is 0.286. The first-order chi connectivity index (χ1) is 13.0. The molecule has 27 heavy (non-hydrogen) atoms. The molecular weight excluding hydrogens is 344 g/mol. The van der Waals surface area contributed by atoms with Crippen molar-refractivity contribution in [2.24, 2.45) is 5.92 Å². The normalized spacial score (nSPS) is 12.8. The first-order valence-corrected chi connectivity index (χ1v) is 8.69. The van der Waals surface area contributed by atoms with Crippen molar-refractivity contribution in [1.29, 1.82) is 5.26 Å². The molecule has 0 heterocycles. The quantitative estimate of drug-likeness (QED) is 0.726. The zero-order valence-corrected chi connectivity index (χ0v) is 15.3. The van der Waals surface area contributed by atoms with E-state index in [-0.39, 0.29) is 5.91 Å². The summed E-state index contributed by atoms with van der Waals surface area (Å²) in [7, 11) is 1.31. The zero-order chi connectivity index (χ0) is 19.4. The Labute approximate surface area is 157 Å². The van der Waals surface area contributed by atoms with Crippen molar-refractivity contribution in [3.05, 3.63) is 53.6 Å². The second-order valence-corrected chi connectivity index (χ2v) is 6.52. The summed E-state index contributed by atoms with van der Waals surface area (Å²) in [6, 6.07) is 13.6. The molecule has 0 radical (unpaired) electrons. The van der Waals surface area contributed by atoms with Crippen LogP contribution in [0.1, 0.15) is 35.7 Å². The molecule has 6 nitrogen and oxygen atoms in total. The number of carbonyl (C=O) groups excluding carboxylic acids is 2. The lowest BCUT2D eigenvalue weighted by molar-refractivity contribution is -0.116. The molecule has 0 saturated heterocycles. The summed E-state index contributed by atoms with van der Waals surface area (Å²) in [4.78, 5) is 25.9. The maximum Gasteiger partial charge on any atom is 0.338 e. The summed E-state index contributed by atoms with van der Waals surface area (Å²) in [6.07, 6.45) is 2.21. The van der Waals surface area contributed by atoms with E-state index in [0.29, 0.717) is 40.8 Å². The minimum absolute atomic E-state index is 0.0896. The van der Waals surface area contributed by atoms with Gasteiger partial charge >= 0.3 is 5.97 Å². The van der Waals surface area contributed by atoms with Crippen LogP contribution < -0.4 is 9.64 Å². The van der Waals surface area contributed by atoms with Gasteiger partial charge in [-0.1, -0.05) is 0 Å². The Morgan fingerprint density at radius 3 is 2.41 bits per heavy atom. The third kappa shape index (κ3) is 4.64. The van der Waals surface area contributed by atoms with E-state index in [0.717, 1.165) is 12.8 Å². The summed E-state index contributed by atoms with van der Waals surface area (Å²) >= 11 is 0. The van der Waals surface area contributed by atoms with Crippen molar-refractivity contribution in [3.8, 4) is 17.6 Å². The maximum absolute atomic E-state index is 12.1. The molecule has 0 aliphatic heterocycles. The number of nitrogens with zero attached hydrogens (tertiary/aromatic N) is 2. The molecule has 0 N–H and O–H groups in total. The lowest BCUT2D eigenvalue weighted by Gasteiger charge is -2.22. The summed E-state index contributed by atoms with van der Waals surface area (Å²) in [5.41, 5.74) is 1.43. The van der Waals surface area contributed by atoms with E-state index in [1.807, 2.05) is 6.07 Å². The van der Waals surface area contributed by atoms with Crippen LogP contribution in [0.4, 0.5) is 5.69 Å². The number of ether oxygens (including phenoxy) is 2. The first kappa shape index (κ1) is 18.5. The highest BCUT2D eigenvalue weighted by atomic mass is 16.5. The fourth-order valence-electron chi connectivity index (χ4n) is 2.74. The van der Waals surface area contributed by atoms with E-state index in [4.69, 9.17) is 14.7 Å². The van der Waals surface area contributed by atoms with E-state index >= 15 is 0 Å². The molecule has 1 aliphatic carbocycles. The van der Waals surface area contributed by atoms with Gasteiger partial charge in [-0.3, -0.25) is 4.79 Å². The Morgan fingerprint density at radius 1 is 1.15 bits per heavy atom. The lowest BCUT2D eigenvalue weighted by Crippen LogP contribution is -2.30. The molecule has 138 valence electrons. The average Bonchev–Trinajstić information content (AvgIpc) is 3.49. The Kier molecular flexibility index (Phi) is 5.41. The molecule has 0 bridgehead atoms. The topological polar surface area (TPSA) is 79.6 Å². The van der Waals surface area contributed by atoms with Crippen LogP contribution in [-0.2, 0) is 9.53 Å². The van der Waals surface area contributed by atoms with Crippen LogP contribution in [-0.4, -0.2) is 25.5 Å². The number of anilines is 1. The summed E-state index contributed by atoms with van der Waals surface area (Å²) < 4.78 is 10.7. The predicted molar refractivity (Wildman–Crippen MR) is 99.8 cm³/mol. The Balaban J connectivity index is 1.94. The van der Waals surface area contributed by atoms with Gasteiger partial charge in [0.1, 0.15) is 11.5 Å². The number of rotatable bonds is 6. The number of esters is 1. The highest BCUT2D eigenvalue weighted by molar-refractivity contribution is 5.95. The van der Waals surface area contributed by atoms with Crippen LogP contribution in [0.15, 0.2) is 42.5 Å². The van der Waals surface area contributed by atoms with Crippen molar-refractivity contribution in [1.82, 2.24) is 0 Å². The highest BCUT2D eigenvalue weighted by Crippen LogP contribution is 2.34. The van der Waals surface area contributed by atoms with Crippen LogP contribution in [0.2, 0.25) is 0 Å². The van der Waals surface area contributed by atoms with Crippen LogP contribution in [0.3, 0.4) is 0 Å². The van der Waals surface area contributed by atoms with E-state index in [1.165, 1.54) is 14.0 Å². The second kappa shape index (κ2) is 7.92. The number of methoxy groups -OCH3 is 1. The van der Waals surface area contributed by atoms with E-state index < -0.39 is 5.97 Å². The van der Waals surface area contributed by atoms with Gasteiger partial charge in [-0.25, -0.2) is 4.79 Å².